The summed E-state index contributed by atoms with van der Waals surface area (Å²) in [6.07, 6.45) is 3.99. The fourth-order valence-corrected chi connectivity index (χ4v) is 3.31. The highest BCUT2D eigenvalue weighted by Gasteiger charge is 2.17. The summed E-state index contributed by atoms with van der Waals surface area (Å²) in [5, 5.41) is 9.33. The Hall–Kier alpha value is -1.49. The van der Waals surface area contributed by atoms with Crippen LogP contribution in [0.1, 0.15) is 36.5 Å². The molecule has 0 bridgehead atoms. The lowest BCUT2D eigenvalue weighted by atomic mass is 10.1. The van der Waals surface area contributed by atoms with Crippen molar-refractivity contribution in [3.63, 3.8) is 0 Å². The zero-order valence-electron chi connectivity index (χ0n) is 12.8. The molecule has 0 saturated carbocycles. The fourth-order valence-electron chi connectivity index (χ4n) is 2.63. The second-order valence-corrected chi connectivity index (χ2v) is 6.34. The number of para-hydroxylation sites is 1. The van der Waals surface area contributed by atoms with E-state index < -0.39 is 5.97 Å². The molecule has 1 atom stereocenters. The number of hydrogen-bond donors (Lipinski definition) is 1. The van der Waals surface area contributed by atoms with E-state index in [1.807, 2.05) is 17.8 Å². The van der Waals surface area contributed by atoms with Gasteiger partial charge in [0.05, 0.1) is 11.1 Å². The van der Waals surface area contributed by atoms with E-state index in [2.05, 4.69) is 29.7 Å². The van der Waals surface area contributed by atoms with Crippen molar-refractivity contribution in [1.29, 1.82) is 0 Å². The van der Waals surface area contributed by atoms with E-state index in [1.54, 1.807) is 12.1 Å². The summed E-state index contributed by atoms with van der Waals surface area (Å²) in [7, 11) is 0. The van der Waals surface area contributed by atoms with Gasteiger partial charge < -0.3 is 9.67 Å². The SMILES string of the molecule is CCCc1nc2c(C(=O)O)cccc2n1CC(C)CSC. The van der Waals surface area contributed by atoms with Gasteiger partial charge >= 0.3 is 5.97 Å². The summed E-state index contributed by atoms with van der Waals surface area (Å²) in [6.45, 7) is 5.22. The molecule has 1 aromatic carbocycles. The lowest BCUT2D eigenvalue weighted by molar-refractivity contribution is 0.0699. The lowest BCUT2D eigenvalue weighted by Gasteiger charge is -2.14. The normalized spacial score (nSPS) is 12.7. The number of imidazole rings is 1. The predicted molar refractivity (Wildman–Crippen MR) is 88.2 cm³/mol. The van der Waals surface area contributed by atoms with Gasteiger partial charge in [-0.25, -0.2) is 9.78 Å². The van der Waals surface area contributed by atoms with Gasteiger partial charge in [-0.2, -0.15) is 11.8 Å². The molecule has 0 radical (unpaired) electrons. The maximum absolute atomic E-state index is 11.4. The molecule has 0 saturated heterocycles. The molecule has 4 nitrogen and oxygen atoms in total. The van der Waals surface area contributed by atoms with E-state index in [-0.39, 0.29) is 0 Å². The third-order valence-electron chi connectivity index (χ3n) is 3.51. The molecule has 0 fully saturated rings. The highest BCUT2D eigenvalue weighted by atomic mass is 32.2. The first-order valence-electron chi connectivity index (χ1n) is 7.28. The van der Waals surface area contributed by atoms with E-state index in [0.717, 1.165) is 36.5 Å². The number of nitrogens with zero attached hydrogens (tertiary/aromatic N) is 2. The Morgan fingerprint density at radius 1 is 1.48 bits per heavy atom. The van der Waals surface area contributed by atoms with Crippen molar-refractivity contribution in [3.05, 3.63) is 29.6 Å². The van der Waals surface area contributed by atoms with Crippen molar-refractivity contribution in [3.8, 4) is 0 Å². The Morgan fingerprint density at radius 3 is 2.86 bits per heavy atom. The fraction of sp³-hybridized carbons (Fsp3) is 0.500. The number of benzene rings is 1. The predicted octanol–water partition coefficient (Wildman–Crippen LogP) is 3.69. The van der Waals surface area contributed by atoms with Gasteiger partial charge in [-0.05, 0) is 36.5 Å². The zero-order chi connectivity index (χ0) is 15.4. The standard InChI is InChI=1S/C16H22N2O2S/c1-4-6-14-17-15-12(16(19)20)7-5-8-13(15)18(14)9-11(2)10-21-3/h5,7-8,11H,4,6,9-10H2,1-3H3,(H,19,20). The van der Waals surface area contributed by atoms with E-state index >= 15 is 0 Å². The Balaban J connectivity index is 2.52. The van der Waals surface area contributed by atoms with Crippen LogP contribution in [0.4, 0.5) is 0 Å². The highest BCUT2D eigenvalue weighted by Crippen LogP contribution is 2.23. The molecule has 2 rings (SSSR count). The maximum atomic E-state index is 11.4. The average molecular weight is 306 g/mol. The summed E-state index contributed by atoms with van der Waals surface area (Å²) in [4.78, 5) is 16.0. The van der Waals surface area contributed by atoms with Gasteiger partial charge in [0.15, 0.2) is 0 Å². The van der Waals surface area contributed by atoms with Crippen LogP contribution in [0.3, 0.4) is 0 Å². The molecule has 21 heavy (non-hydrogen) atoms. The van der Waals surface area contributed by atoms with Crippen molar-refractivity contribution in [2.75, 3.05) is 12.0 Å². The molecule has 0 aliphatic carbocycles. The molecular formula is C16H22N2O2S. The number of aromatic nitrogens is 2. The number of carboxylic acids is 1. The van der Waals surface area contributed by atoms with Crippen molar-refractivity contribution >= 4 is 28.8 Å². The number of aryl methyl sites for hydroxylation is 1. The Kier molecular flexibility index (Phi) is 5.28. The van der Waals surface area contributed by atoms with Crippen LogP contribution in [0.5, 0.6) is 0 Å². The molecule has 5 heteroatoms. The average Bonchev–Trinajstić information content (AvgIpc) is 2.77. The number of carboxylic acid groups (broad SMARTS) is 1. The first kappa shape index (κ1) is 15.9. The van der Waals surface area contributed by atoms with Crippen LogP contribution in [0.2, 0.25) is 0 Å². The van der Waals surface area contributed by atoms with Crippen molar-refractivity contribution in [1.82, 2.24) is 9.55 Å². The third-order valence-corrected chi connectivity index (χ3v) is 4.41. The smallest absolute Gasteiger partial charge is 0.337 e. The molecular weight excluding hydrogens is 284 g/mol. The Bertz CT molecular complexity index is 636. The van der Waals surface area contributed by atoms with Crippen molar-refractivity contribution < 1.29 is 9.90 Å². The molecule has 1 heterocycles. The minimum Gasteiger partial charge on any atom is -0.478 e. The largest absolute Gasteiger partial charge is 0.478 e. The van der Waals surface area contributed by atoms with Crippen LogP contribution in [-0.2, 0) is 13.0 Å². The van der Waals surface area contributed by atoms with Crippen LogP contribution in [-0.4, -0.2) is 32.6 Å². The molecule has 1 N–H and O–H groups in total. The number of rotatable bonds is 7. The molecule has 0 spiro atoms. The molecule has 2 aromatic rings. The quantitative estimate of drug-likeness (QED) is 0.847. The van der Waals surface area contributed by atoms with Crippen LogP contribution in [0, 0.1) is 5.92 Å². The molecule has 1 unspecified atom stereocenters. The van der Waals surface area contributed by atoms with Crippen LogP contribution >= 0.6 is 11.8 Å². The van der Waals surface area contributed by atoms with Crippen LogP contribution in [0.25, 0.3) is 11.0 Å². The topological polar surface area (TPSA) is 55.1 Å². The molecule has 1 aromatic heterocycles. The second kappa shape index (κ2) is 6.98. The maximum Gasteiger partial charge on any atom is 0.337 e. The molecule has 114 valence electrons. The van der Waals surface area contributed by atoms with Crippen LogP contribution in [0.15, 0.2) is 18.2 Å². The van der Waals surface area contributed by atoms with E-state index in [9.17, 15) is 9.90 Å². The number of carbonyl (C=O) groups is 1. The first-order chi connectivity index (χ1) is 10.1. The summed E-state index contributed by atoms with van der Waals surface area (Å²) in [6, 6.07) is 5.40. The van der Waals surface area contributed by atoms with Crippen molar-refractivity contribution in [2.24, 2.45) is 5.92 Å². The minimum absolute atomic E-state index is 0.293. The van der Waals surface area contributed by atoms with Gasteiger partial charge in [-0.3, -0.25) is 0 Å². The minimum atomic E-state index is -0.912. The number of thioether (sulfide) groups is 1. The third kappa shape index (κ3) is 3.40. The second-order valence-electron chi connectivity index (χ2n) is 5.43. The van der Waals surface area contributed by atoms with Gasteiger partial charge in [0.2, 0.25) is 0 Å². The highest BCUT2D eigenvalue weighted by molar-refractivity contribution is 7.98. The number of aromatic carboxylic acids is 1. The Morgan fingerprint density at radius 2 is 2.24 bits per heavy atom. The summed E-state index contributed by atoms with van der Waals surface area (Å²) in [5.74, 6) is 1.70. The van der Waals surface area contributed by atoms with Gasteiger partial charge in [0, 0.05) is 13.0 Å². The van der Waals surface area contributed by atoms with E-state index in [1.165, 1.54) is 0 Å². The molecule has 0 aliphatic heterocycles. The van der Waals surface area contributed by atoms with Crippen molar-refractivity contribution in [2.45, 2.75) is 33.2 Å². The van der Waals surface area contributed by atoms with Gasteiger partial charge in [-0.1, -0.05) is 19.9 Å². The summed E-state index contributed by atoms with van der Waals surface area (Å²) < 4.78 is 2.20. The number of fused-ring (bicyclic) bond motifs is 1. The lowest BCUT2D eigenvalue weighted by Crippen LogP contribution is -2.12. The molecule has 0 aliphatic rings. The first-order valence-corrected chi connectivity index (χ1v) is 8.68. The number of hydrogen-bond acceptors (Lipinski definition) is 3. The van der Waals surface area contributed by atoms with Gasteiger partial charge in [-0.15, -0.1) is 0 Å². The van der Waals surface area contributed by atoms with Gasteiger partial charge in [0.25, 0.3) is 0 Å². The van der Waals surface area contributed by atoms with E-state index in [0.29, 0.717) is 17.0 Å². The monoisotopic (exact) mass is 306 g/mol. The summed E-state index contributed by atoms with van der Waals surface area (Å²) >= 11 is 1.84. The summed E-state index contributed by atoms with van der Waals surface area (Å²) in [5.41, 5.74) is 1.84. The molecule has 0 amide bonds. The Labute approximate surface area is 129 Å². The van der Waals surface area contributed by atoms with E-state index in [4.69, 9.17) is 0 Å². The van der Waals surface area contributed by atoms with Crippen LogP contribution < -0.4 is 0 Å². The van der Waals surface area contributed by atoms with Gasteiger partial charge in [0.1, 0.15) is 11.3 Å². The zero-order valence-corrected chi connectivity index (χ0v) is 13.6.